The van der Waals surface area contributed by atoms with Crippen LogP contribution >= 0.6 is 11.6 Å². The lowest BCUT2D eigenvalue weighted by atomic mass is 10.1. The summed E-state index contributed by atoms with van der Waals surface area (Å²) >= 11 is 6.21. The standard InChI is InChI=1S/C21H18ClN3O3/c1-24(18-10-11-25(21(18)28)17-9-5-4-8-15(17)22)20(27)16-12-13-6-2-3-7-14(13)19(26)23-16/h2-9,12,18H,10-11H2,1H3,(H,23,26). The van der Waals surface area contributed by atoms with Gasteiger partial charge in [-0.25, -0.2) is 0 Å². The number of benzene rings is 2. The minimum absolute atomic E-state index is 0.162. The Hall–Kier alpha value is -3.12. The first-order valence-electron chi connectivity index (χ1n) is 8.92. The zero-order valence-corrected chi connectivity index (χ0v) is 15.9. The summed E-state index contributed by atoms with van der Waals surface area (Å²) in [4.78, 5) is 43.7. The maximum Gasteiger partial charge on any atom is 0.270 e. The predicted octanol–water partition coefficient (Wildman–Crippen LogP) is 3.06. The van der Waals surface area contributed by atoms with Crippen LogP contribution in [0.2, 0.25) is 5.02 Å². The van der Waals surface area contributed by atoms with E-state index in [9.17, 15) is 14.4 Å². The van der Waals surface area contributed by atoms with Gasteiger partial charge in [-0.1, -0.05) is 41.9 Å². The van der Waals surface area contributed by atoms with Crippen molar-refractivity contribution in [1.82, 2.24) is 9.88 Å². The highest BCUT2D eigenvalue weighted by atomic mass is 35.5. The molecule has 28 heavy (non-hydrogen) atoms. The van der Waals surface area contributed by atoms with E-state index in [2.05, 4.69) is 4.98 Å². The Morgan fingerprint density at radius 3 is 2.64 bits per heavy atom. The molecule has 1 saturated heterocycles. The van der Waals surface area contributed by atoms with Gasteiger partial charge >= 0.3 is 0 Å². The predicted molar refractivity (Wildman–Crippen MR) is 109 cm³/mol. The quantitative estimate of drug-likeness (QED) is 0.740. The highest BCUT2D eigenvalue weighted by Gasteiger charge is 2.38. The van der Waals surface area contributed by atoms with Crippen LogP contribution in [-0.2, 0) is 4.79 Å². The van der Waals surface area contributed by atoms with Crippen LogP contribution in [0.1, 0.15) is 16.9 Å². The molecule has 0 bridgehead atoms. The van der Waals surface area contributed by atoms with Crippen molar-refractivity contribution in [3.8, 4) is 0 Å². The molecule has 6 nitrogen and oxygen atoms in total. The largest absolute Gasteiger partial charge is 0.328 e. The van der Waals surface area contributed by atoms with E-state index in [0.29, 0.717) is 34.4 Å². The van der Waals surface area contributed by atoms with Gasteiger partial charge in [-0.2, -0.15) is 0 Å². The highest BCUT2D eigenvalue weighted by molar-refractivity contribution is 6.34. The Morgan fingerprint density at radius 1 is 1.14 bits per heavy atom. The molecular weight excluding hydrogens is 378 g/mol. The lowest BCUT2D eigenvalue weighted by molar-refractivity contribution is -0.120. The Kier molecular flexibility index (Phi) is 4.65. The van der Waals surface area contributed by atoms with E-state index in [1.807, 2.05) is 12.1 Å². The van der Waals surface area contributed by atoms with E-state index in [1.54, 1.807) is 54.4 Å². The van der Waals surface area contributed by atoms with Crippen molar-refractivity contribution in [3.63, 3.8) is 0 Å². The minimum atomic E-state index is -0.612. The van der Waals surface area contributed by atoms with Crippen molar-refractivity contribution in [2.24, 2.45) is 0 Å². The SMILES string of the molecule is CN(C(=O)c1cc2ccccc2c(=O)[nH]1)C1CCN(c2ccccc2Cl)C1=O. The third-order valence-corrected chi connectivity index (χ3v) is 5.41. The molecule has 1 N–H and O–H groups in total. The first kappa shape index (κ1) is 18.3. The van der Waals surface area contributed by atoms with Gasteiger partial charge in [0, 0.05) is 19.0 Å². The number of halogens is 1. The van der Waals surface area contributed by atoms with Crippen LogP contribution in [0.3, 0.4) is 0 Å². The Balaban J connectivity index is 1.60. The molecule has 2 aromatic carbocycles. The number of pyridine rings is 1. The summed E-state index contributed by atoms with van der Waals surface area (Å²) in [6, 6.07) is 15.2. The summed E-state index contributed by atoms with van der Waals surface area (Å²) in [5.41, 5.74) is 0.470. The van der Waals surface area contributed by atoms with Gasteiger partial charge in [0.25, 0.3) is 11.5 Å². The molecule has 0 aliphatic carbocycles. The molecule has 0 spiro atoms. The Labute approximate surface area is 166 Å². The Morgan fingerprint density at radius 2 is 1.86 bits per heavy atom. The number of nitrogens with one attached hydrogen (secondary N) is 1. The molecule has 4 rings (SSSR count). The van der Waals surface area contributed by atoms with Crippen LogP contribution in [-0.4, -0.2) is 41.3 Å². The van der Waals surface area contributed by atoms with E-state index >= 15 is 0 Å². The number of nitrogens with zero attached hydrogens (tertiary/aromatic N) is 2. The summed E-state index contributed by atoms with van der Waals surface area (Å²) in [6.07, 6.45) is 0.490. The third kappa shape index (κ3) is 3.05. The number of fused-ring (bicyclic) bond motifs is 1. The molecular formula is C21H18ClN3O3. The zero-order chi connectivity index (χ0) is 19.8. The fraction of sp³-hybridized carbons (Fsp3) is 0.190. The maximum absolute atomic E-state index is 12.9. The molecule has 1 aliphatic rings. The average molecular weight is 396 g/mol. The van der Waals surface area contributed by atoms with Gasteiger partial charge in [-0.15, -0.1) is 0 Å². The van der Waals surface area contributed by atoms with Crippen LogP contribution in [0, 0.1) is 0 Å². The number of aromatic amines is 1. The van der Waals surface area contributed by atoms with Gasteiger partial charge in [-0.05, 0) is 36.1 Å². The van der Waals surface area contributed by atoms with Crippen LogP contribution in [0.5, 0.6) is 0 Å². The zero-order valence-electron chi connectivity index (χ0n) is 15.2. The normalized spacial score (nSPS) is 16.6. The van der Waals surface area contributed by atoms with Crippen molar-refractivity contribution in [2.45, 2.75) is 12.5 Å². The van der Waals surface area contributed by atoms with Gasteiger partial charge in [0.1, 0.15) is 11.7 Å². The molecule has 7 heteroatoms. The molecule has 1 aliphatic heterocycles. The second-order valence-corrected chi connectivity index (χ2v) is 7.17. The topological polar surface area (TPSA) is 73.5 Å². The summed E-state index contributed by atoms with van der Waals surface area (Å²) in [6.45, 7) is 0.471. The molecule has 1 unspecified atom stereocenters. The van der Waals surface area contributed by atoms with Gasteiger partial charge < -0.3 is 14.8 Å². The number of anilines is 1. The number of aromatic nitrogens is 1. The summed E-state index contributed by atoms with van der Waals surface area (Å²) < 4.78 is 0. The molecule has 2 amide bonds. The van der Waals surface area contributed by atoms with Gasteiger partial charge in [0.05, 0.1) is 10.7 Å². The van der Waals surface area contributed by atoms with Crippen molar-refractivity contribution < 1.29 is 9.59 Å². The fourth-order valence-corrected chi connectivity index (χ4v) is 3.83. The number of para-hydroxylation sites is 1. The lowest BCUT2D eigenvalue weighted by Gasteiger charge is -2.24. The van der Waals surface area contributed by atoms with E-state index < -0.39 is 11.9 Å². The average Bonchev–Trinajstić information content (AvgIpc) is 3.08. The fourth-order valence-electron chi connectivity index (χ4n) is 3.59. The van der Waals surface area contributed by atoms with Crippen molar-refractivity contribution >= 4 is 39.9 Å². The van der Waals surface area contributed by atoms with Crippen LogP contribution < -0.4 is 10.5 Å². The highest BCUT2D eigenvalue weighted by Crippen LogP contribution is 2.30. The summed E-state index contributed by atoms with van der Waals surface area (Å²) in [5.74, 6) is -0.589. The number of amides is 2. The molecule has 1 fully saturated rings. The molecule has 0 saturated carbocycles. The number of hydrogen-bond acceptors (Lipinski definition) is 3. The minimum Gasteiger partial charge on any atom is -0.328 e. The third-order valence-electron chi connectivity index (χ3n) is 5.09. The number of likely N-dealkylation sites (N-methyl/N-ethyl adjacent to an activating group) is 1. The van der Waals surface area contributed by atoms with Crippen LogP contribution in [0.4, 0.5) is 5.69 Å². The van der Waals surface area contributed by atoms with Gasteiger partial charge in [0.15, 0.2) is 0 Å². The molecule has 3 aromatic rings. The number of carbonyl (C=O) groups is 2. The van der Waals surface area contributed by atoms with E-state index in [4.69, 9.17) is 11.6 Å². The molecule has 1 aromatic heterocycles. The van der Waals surface area contributed by atoms with Crippen LogP contribution in [0.25, 0.3) is 10.8 Å². The number of hydrogen-bond donors (Lipinski definition) is 1. The Bertz CT molecular complexity index is 1140. The first-order valence-corrected chi connectivity index (χ1v) is 9.30. The number of carbonyl (C=O) groups excluding carboxylic acids is 2. The molecule has 2 heterocycles. The number of rotatable bonds is 3. The van der Waals surface area contributed by atoms with Crippen molar-refractivity contribution in [2.75, 3.05) is 18.5 Å². The van der Waals surface area contributed by atoms with Crippen molar-refractivity contribution in [1.29, 1.82) is 0 Å². The monoisotopic (exact) mass is 395 g/mol. The van der Waals surface area contributed by atoms with E-state index in [1.165, 1.54) is 4.90 Å². The number of H-pyrrole nitrogens is 1. The molecule has 142 valence electrons. The second-order valence-electron chi connectivity index (χ2n) is 6.76. The molecule has 0 radical (unpaired) electrons. The second kappa shape index (κ2) is 7.13. The molecule has 1 atom stereocenters. The summed E-state index contributed by atoms with van der Waals surface area (Å²) in [5, 5.41) is 1.69. The first-order chi connectivity index (χ1) is 13.5. The van der Waals surface area contributed by atoms with Crippen molar-refractivity contribution in [3.05, 3.63) is 75.7 Å². The maximum atomic E-state index is 12.9. The van der Waals surface area contributed by atoms with Gasteiger partial charge in [0.2, 0.25) is 5.91 Å². The summed E-state index contributed by atoms with van der Waals surface area (Å²) in [7, 11) is 1.58. The van der Waals surface area contributed by atoms with Crippen LogP contribution in [0.15, 0.2) is 59.4 Å². The van der Waals surface area contributed by atoms with E-state index in [-0.39, 0.29) is 17.2 Å². The lowest BCUT2D eigenvalue weighted by Crippen LogP contribution is -2.43. The smallest absolute Gasteiger partial charge is 0.270 e. The van der Waals surface area contributed by atoms with E-state index in [0.717, 1.165) is 0 Å². The van der Waals surface area contributed by atoms with Gasteiger partial charge in [-0.3, -0.25) is 14.4 Å².